The maximum absolute atomic E-state index is 13.1. The van der Waals surface area contributed by atoms with Gasteiger partial charge in [-0.2, -0.15) is 0 Å². The van der Waals surface area contributed by atoms with E-state index in [1.807, 2.05) is 0 Å². The van der Waals surface area contributed by atoms with Crippen LogP contribution < -0.4 is 5.56 Å². The van der Waals surface area contributed by atoms with Crippen molar-refractivity contribution in [2.24, 2.45) is 0 Å². The highest BCUT2D eigenvalue weighted by molar-refractivity contribution is 5.80. The summed E-state index contributed by atoms with van der Waals surface area (Å²) in [6.45, 7) is 0. The van der Waals surface area contributed by atoms with Crippen molar-refractivity contribution in [2.45, 2.75) is 0 Å². The maximum Gasteiger partial charge on any atom is 0.433 e. The predicted octanol–water partition coefficient (Wildman–Crippen LogP) is 3.97. The van der Waals surface area contributed by atoms with Crippen LogP contribution in [0.15, 0.2) is 69.9 Å². The molecule has 0 aliphatic carbocycles. The van der Waals surface area contributed by atoms with Crippen LogP contribution in [0.2, 0.25) is 0 Å². The molecule has 30 heavy (non-hydrogen) atoms. The summed E-state index contributed by atoms with van der Waals surface area (Å²) in [6.07, 6.45) is 2.88. The number of furan rings is 1. The van der Waals surface area contributed by atoms with Crippen molar-refractivity contribution in [2.75, 3.05) is 0 Å². The molecule has 0 aliphatic heterocycles. The van der Waals surface area contributed by atoms with Gasteiger partial charge in [0.2, 0.25) is 0 Å². The van der Waals surface area contributed by atoms with E-state index < -0.39 is 21.3 Å². The number of rotatable bonds is 5. The minimum absolute atomic E-state index is 0.177. The van der Waals surface area contributed by atoms with E-state index in [1.54, 1.807) is 30.3 Å². The number of non-ortho nitro benzene ring substituents is 1. The average Bonchev–Trinajstić information content (AvgIpc) is 3.22. The first-order valence-electron chi connectivity index (χ1n) is 8.63. The van der Waals surface area contributed by atoms with Crippen LogP contribution in [0.25, 0.3) is 28.7 Å². The highest BCUT2D eigenvalue weighted by Crippen LogP contribution is 2.21. The fourth-order valence-electron chi connectivity index (χ4n) is 2.94. The van der Waals surface area contributed by atoms with Gasteiger partial charge in [0.15, 0.2) is 0 Å². The van der Waals surface area contributed by atoms with E-state index in [0.29, 0.717) is 10.9 Å². The van der Waals surface area contributed by atoms with Crippen LogP contribution in [-0.2, 0) is 0 Å². The van der Waals surface area contributed by atoms with Crippen LogP contribution in [0.4, 0.5) is 11.6 Å². The molecule has 0 aliphatic rings. The third-order valence-corrected chi connectivity index (χ3v) is 4.29. The zero-order valence-corrected chi connectivity index (χ0v) is 15.2. The molecule has 10 heteroatoms. The lowest BCUT2D eigenvalue weighted by Gasteiger charge is -2.11. The van der Waals surface area contributed by atoms with Gasteiger partial charge in [-0.25, -0.2) is 4.98 Å². The van der Waals surface area contributed by atoms with E-state index in [4.69, 9.17) is 4.42 Å². The Morgan fingerprint density at radius 2 is 1.73 bits per heavy atom. The van der Waals surface area contributed by atoms with Crippen LogP contribution in [0.1, 0.15) is 11.6 Å². The molecule has 0 spiro atoms. The van der Waals surface area contributed by atoms with Gasteiger partial charge in [-0.05, 0) is 36.4 Å². The van der Waals surface area contributed by atoms with Crippen molar-refractivity contribution in [3.8, 4) is 5.69 Å². The average molecular weight is 404 g/mol. The lowest BCUT2D eigenvalue weighted by molar-refractivity contribution is -0.402. The molecular formula is C20H12N4O6. The van der Waals surface area contributed by atoms with Gasteiger partial charge in [0.05, 0.1) is 27.6 Å². The first-order valence-corrected chi connectivity index (χ1v) is 8.63. The Hall–Kier alpha value is -4.60. The molecule has 0 unspecified atom stereocenters. The molecule has 4 aromatic rings. The van der Waals surface area contributed by atoms with Gasteiger partial charge in [0.25, 0.3) is 11.2 Å². The quantitative estimate of drug-likeness (QED) is 0.363. The number of nitro benzene ring substituents is 1. The van der Waals surface area contributed by atoms with Gasteiger partial charge in [0, 0.05) is 12.1 Å². The summed E-state index contributed by atoms with van der Waals surface area (Å²) in [5, 5.41) is 22.3. The highest BCUT2D eigenvalue weighted by Gasteiger charge is 2.15. The van der Waals surface area contributed by atoms with Gasteiger partial charge in [0.1, 0.15) is 16.5 Å². The number of fused-ring (bicyclic) bond motifs is 1. The standard InChI is InChI=1S/C20H12N4O6/c25-20-16-6-1-2-7-17(16)21-18(10-8-15-9-11-19(30-15)24(28)29)22(20)13-4-3-5-14(12-13)23(26)27/h1-12H. The highest BCUT2D eigenvalue weighted by atomic mass is 16.6. The van der Waals surface area contributed by atoms with E-state index in [-0.39, 0.29) is 23.0 Å². The number of para-hydroxylation sites is 1. The van der Waals surface area contributed by atoms with Crippen LogP contribution >= 0.6 is 0 Å². The first kappa shape index (κ1) is 18.7. The molecule has 0 saturated carbocycles. The molecule has 148 valence electrons. The molecular weight excluding hydrogens is 392 g/mol. The molecule has 2 aromatic carbocycles. The number of hydrogen-bond donors (Lipinski definition) is 0. The third kappa shape index (κ3) is 3.44. The number of nitro groups is 2. The molecule has 0 saturated heterocycles. The fraction of sp³-hybridized carbons (Fsp3) is 0. The number of nitrogens with zero attached hydrogens (tertiary/aromatic N) is 4. The Bertz CT molecular complexity index is 1390. The Kier molecular flexibility index (Phi) is 4.64. The smallest absolute Gasteiger partial charge is 0.401 e. The Balaban J connectivity index is 1.91. The molecule has 0 fully saturated rings. The summed E-state index contributed by atoms with van der Waals surface area (Å²) in [4.78, 5) is 38.3. The first-order chi connectivity index (χ1) is 14.4. The van der Waals surface area contributed by atoms with E-state index in [2.05, 4.69) is 4.98 Å². The summed E-state index contributed by atoms with van der Waals surface area (Å²) in [7, 11) is 0. The number of benzene rings is 2. The zero-order chi connectivity index (χ0) is 21.3. The van der Waals surface area contributed by atoms with Gasteiger partial charge in [-0.3, -0.25) is 29.6 Å². The fourth-order valence-corrected chi connectivity index (χ4v) is 2.94. The molecule has 0 amide bonds. The Labute approximate surface area is 167 Å². The van der Waals surface area contributed by atoms with Gasteiger partial charge in [-0.15, -0.1) is 0 Å². The van der Waals surface area contributed by atoms with Crippen LogP contribution in [0.5, 0.6) is 0 Å². The molecule has 2 aromatic heterocycles. The monoisotopic (exact) mass is 404 g/mol. The predicted molar refractivity (Wildman–Crippen MR) is 108 cm³/mol. The lowest BCUT2D eigenvalue weighted by atomic mass is 10.2. The molecule has 0 N–H and O–H groups in total. The van der Waals surface area contributed by atoms with Crippen molar-refractivity contribution in [3.05, 3.63) is 103 Å². The third-order valence-electron chi connectivity index (χ3n) is 4.29. The van der Waals surface area contributed by atoms with Gasteiger partial charge in [-0.1, -0.05) is 18.2 Å². The minimum Gasteiger partial charge on any atom is -0.401 e. The maximum atomic E-state index is 13.1. The summed E-state index contributed by atoms with van der Waals surface area (Å²) >= 11 is 0. The summed E-state index contributed by atoms with van der Waals surface area (Å²) in [5.74, 6) is -0.0508. The van der Waals surface area contributed by atoms with Crippen molar-refractivity contribution in [1.82, 2.24) is 9.55 Å². The SMILES string of the molecule is O=c1c2ccccc2nc(C=Cc2ccc([N+](=O)[O-])o2)n1-c1cccc([N+](=O)[O-])c1. The molecule has 0 atom stereocenters. The van der Waals surface area contributed by atoms with E-state index in [9.17, 15) is 25.0 Å². The van der Waals surface area contributed by atoms with E-state index in [0.717, 1.165) is 0 Å². The van der Waals surface area contributed by atoms with Crippen LogP contribution in [-0.4, -0.2) is 19.4 Å². The van der Waals surface area contributed by atoms with Crippen molar-refractivity contribution >= 4 is 34.6 Å². The molecule has 0 radical (unpaired) electrons. The minimum atomic E-state index is -0.662. The van der Waals surface area contributed by atoms with E-state index >= 15 is 0 Å². The molecule has 4 rings (SSSR count). The van der Waals surface area contributed by atoms with Crippen molar-refractivity contribution in [1.29, 1.82) is 0 Å². The van der Waals surface area contributed by atoms with Crippen LogP contribution in [0, 0.1) is 20.2 Å². The van der Waals surface area contributed by atoms with Crippen molar-refractivity contribution in [3.63, 3.8) is 0 Å². The van der Waals surface area contributed by atoms with E-state index in [1.165, 1.54) is 47.1 Å². The zero-order valence-electron chi connectivity index (χ0n) is 15.2. The largest absolute Gasteiger partial charge is 0.433 e. The molecule has 2 heterocycles. The second kappa shape index (κ2) is 7.43. The Morgan fingerprint density at radius 3 is 2.47 bits per heavy atom. The Morgan fingerprint density at radius 1 is 0.933 bits per heavy atom. The summed E-state index contributed by atoms with van der Waals surface area (Å²) < 4.78 is 6.33. The summed E-state index contributed by atoms with van der Waals surface area (Å²) in [6, 6.07) is 14.9. The number of hydrogen-bond acceptors (Lipinski definition) is 7. The topological polar surface area (TPSA) is 134 Å². The molecule has 10 nitrogen and oxygen atoms in total. The molecule has 0 bridgehead atoms. The number of aromatic nitrogens is 2. The second-order valence-corrected chi connectivity index (χ2v) is 6.17. The van der Waals surface area contributed by atoms with Crippen molar-refractivity contribution < 1.29 is 14.3 Å². The van der Waals surface area contributed by atoms with Gasteiger partial charge < -0.3 is 4.42 Å². The lowest BCUT2D eigenvalue weighted by Crippen LogP contribution is -2.22. The van der Waals surface area contributed by atoms with Crippen LogP contribution in [0.3, 0.4) is 0 Å². The normalized spacial score (nSPS) is 11.2. The van der Waals surface area contributed by atoms with Gasteiger partial charge >= 0.3 is 5.88 Å². The summed E-state index contributed by atoms with van der Waals surface area (Å²) in [5.41, 5.74) is 0.113. The second-order valence-electron chi connectivity index (χ2n) is 6.17.